The molecule has 0 saturated carbocycles. The van der Waals surface area contributed by atoms with Gasteiger partial charge < -0.3 is 9.84 Å². The third-order valence-electron chi connectivity index (χ3n) is 3.03. The van der Waals surface area contributed by atoms with Gasteiger partial charge in [-0.15, -0.1) is 0 Å². The smallest absolute Gasteiger partial charge is 0.141 e. The van der Waals surface area contributed by atoms with Crippen LogP contribution in [0.1, 0.15) is 22.6 Å². The van der Waals surface area contributed by atoms with E-state index in [0.29, 0.717) is 0 Å². The van der Waals surface area contributed by atoms with Crippen LogP contribution in [0, 0.1) is 0 Å². The fourth-order valence-electron chi connectivity index (χ4n) is 2.13. The van der Waals surface area contributed by atoms with Crippen molar-refractivity contribution in [2.75, 3.05) is 0 Å². The molecule has 82 valence electrons. The van der Waals surface area contributed by atoms with Crippen LogP contribution in [-0.2, 0) is 25.9 Å². The van der Waals surface area contributed by atoms with Gasteiger partial charge in [0.05, 0.1) is 0 Å². The average molecular weight is 214 g/mol. The topological polar surface area (TPSA) is 38.1 Å². The zero-order valence-electron chi connectivity index (χ0n) is 9.07. The van der Waals surface area contributed by atoms with E-state index in [0.717, 1.165) is 37.4 Å². The van der Waals surface area contributed by atoms with E-state index in [1.807, 2.05) is 6.07 Å². The van der Waals surface area contributed by atoms with Gasteiger partial charge in [-0.05, 0) is 12.0 Å². The summed E-state index contributed by atoms with van der Waals surface area (Å²) < 4.78 is 5.37. The van der Waals surface area contributed by atoms with Crippen molar-refractivity contribution < 1.29 is 4.52 Å². The minimum Gasteiger partial charge on any atom is -0.361 e. The van der Waals surface area contributed by atoms with Crippen LogP contribution in [0.2, 0.25) is 0 Å². The van der Waals surface area contributed by atoms with Gasteiger partial charge in [-0.3, -0.25) is 0 Å². The maximum Gasteiger partial charge on any atom is 0.141 e. The van der Waals surface area contributed by atoms with Gasteiger partial charge >= 0.3 is 0 Å². The van der Waals surface area contributed by atoms with Crippen LogP contribution in [-0.4, -0.2) is 5.16 Å². The number of fused-ring (bicyclic) bond motifs is 1. The summed E-state index contributed by atoms with van der Waals surface area (Å²) in [4.78, 5) is 0. The van der Waals surface area contributed by atoms with Crippen molar-refractivity contribution in [2.45, 2.75) is 25.9 Å². The molecule has 1 aromatic heterocycles. The molecule has 1 aliphatic rings. The lowest BCUT2D eigenvalue weighted by atomic mass is 10.1. The Morgan fingerprint density at radius 3 is 2.88 bits per heavy atom. The van der Waals surface area contributed by atoms with Gasteiger partial charge in [0.2, 0.25) is 0 Å². The molecule has 1 N–H and O–H groups in total. The molecule has 0 saturated heterocycles. The quantitative estimate of drug-likeness (QED) is 0.850. The van der Waals surface area contributed by atoms with E-state index in [-0.39, 0.29) is 0 Å². The SMILES string of the molecule is c1ccc(CCc2onc3c2CNC3)cc1. The minimum atomic E-state index is 0.851. The predicted octanol–water partition coefficient (Wildman–Crippen LogP) is 2.06. The first kappa shape index (κ1) is 9.60. The Balaban J connectivity index is 1.71. The third-order valence-corrected chi connectivity index (χ3v) is 3.03. The standard InChI is InChI=1S/C13H14N2O/c1-2-4-10(5-3-1)6-7-13-11-8-14-9-12(11)15-16-13/h1-5,14H,6-9H2. The van der Waals surface area contributed by atoms with E-state index in [2.05, 4.69) is 34.7 Å². The number of aryl methyl sites for hydroxylation is 2. The summed E-state index contributed by atoms with van der Waals surface area (Å²) in [5.41, 5.74) is 3.71. The van der Waals surface area contributed by atoms with Crippen LogP contribution in [0.5, 0.6) is 0 Å². The van der Waals surface area contributed by atoms with E-state index in [9.17, 15) is 0 Å². The van der Waals surface area contributed by atoms with Gasteiger partial charge in [-0.25, -0.2) is 0 Å². The van der Waals surface area contributed by atoms with Gasteiger partial charge in [0, 0.05) is 25.1 Å². The summed E-state index contributed by atoms with van der Waals surface area (Å²) in [6.45, 7) is 1.76. The molecule has 0 spiro atoms. The van der Waals surface area contributed by atoms with E-state index >= 15 is 0 Å². The van der Waals surface area contributed by atoms with Crippen LogP contribution in [0.4, 0.5) is 0 Å². The largest absolute Gasteiger partial charge is 0.361 e. The molecule has 0 unspecified atom stereocenters. The molecule has 2 aromatic rings. The highest BCUT2D eigenvalue weighted by molar-refractivity contribution is 5.27. The fourth-order valence-corrected chi connectivity index (χ4v) is 2.13. The Morgan fingerprint density at radius 1 is 1.12 bits per heavy atom. The van der Waals surface area contributed by atoms with E-state index in [1.165, 1.54) is 11.1 Å². The zero-order chi connectivity index (χ0) is 10.8. The Kier molecular flexibility index (Phi) is 2.46. The van der Waals surface area contributed by atoms with E-state index in [4.69, 9.17) is 4.52 Å². The lowest BCUT2D eigenvalue weighted by Crippen LogP contribution is -2.03. The van der Waals surface area contributed by atoms with Crippen molar-refractivity contribution in [3.05, 3.63) is 52.9 Å². The molecule has 0 fully saturated rings. The van der Waals surface area contributed by atoms with Crippen molar-refractivity contribution in [1.82, 2.24) is 10.5 Å². The molecular weight excluding hydrogens is 200 g/mol. The number of benzene rings is 1. The second kappa shape index (κ2) is 4.10. The zero-order valence-corrected chi connectivity index (χ0v) is 9.07. The minimum absolute atomic E-state index is 0.851. The van der Waals surface area contributed by atoms with Gasteiger partial charge in [-0.1, -0.05) is 35.5 Å². The van der Waals surface area contributed by atoms with Gasteiger partial charge in [-0.2, -0.15) is 0 Å². The maximum atomic E-state index is 5.37. The predicted molar refractivity (Wildman–Crippen MR) is 60.9 cm³/mol. The lowest BCUT2D eigenvalue weighted by Gasteiger charge is -1.99. The highest BCUT2D eigenvalue weighted by atomic mass is 16.5. The van der Waals surface area contributed by atoms with Crippen molar-refractivity contribution in [3.8, 4) is 0 Å². The normalized spacial score (nSPS) is 14.0. The molecule has 3 nitrogen and oxygen atoms in total. The number of nitrogens with zero attached hydrogens (tertiary/aromatic N) is 1. The van der Waals surface area contributed by atoms with Crippen LogP contribution in [0.15, 0.2) is 34.9 Å². The number of hydrogen-bond donors (Lipinski definition) is 1. The highest BCUT2D eigenvalue weighted by Crippen LogP contribution is 2.20. The lowest BCUT2D eigenvalue weighted by molar-refractivity contribution is 0.370. The molecule has 2 heterocycles. The summed E-state index contributed by atoms with van der Waals surface area (Å²) >= 11 is 0. The fraction of sp³-hybridized carbons (Fsp3) is 0.308. The summed E-state index contributed by atoms with van der Waals surface area (Å²) in [6, 6.07) is 10.5. The number of hydrogen-bond acceptors (Lipinski definition) is 3. The molecule has 0 radical (unpaired) electrons. The second-order valence-electron chi connectivity index (χ2n) is 4.12. The van der Waals surface area contributed by atoms with E-state index < -0.39 is 0 Å². The van der Waals surface area contributed by atoms with Gasteiger partial charge in [0.15, 0.2) is 0 Å². The summed E-state index contributed by atoms with van der Waals surface area (Å²) in [5.74, 6) is 1.05. The van der Waals surface area contributed by atoms with Gasteiger partial charge in [0.1, 0.15) is 11.5 Å². The Morgan fingerprint density at radius 2 is 2.00 bits per heavy atom. The molecule has 0 atom stereocenters. The number of rotatable bonds is 3. The third kappa shape index (κ3) is 1.74. The Hall–Kier alpha value is -1.61. The Labute approximate surface area is 94.5 Å². The van der Waals surface area contributed by atoms with Gasteiger partial charge in [0.25, 0.3) is 0 Å². The molecule has 0 amide bonds. The summed E-state index contributed by atoms with van der Waals surface area (Å²) in [5, 5.41) is 7.36. The second-order valence-corrected chi connectivity index (χ2v) is 4.12. The van der Waals surface area contributed by atoms with Crippen LogP contribution < -0.4 is 5.32 Å². The molecule has 16 heavy (non-hydrogen) atoms. The van der Waals surface area contributed by atoms with Crippen molar-refractivity contribution in [1.29, 1.82) is 0 Å². The molecule has 3 rings (SSSR count). The molecule has 0 bridgehead atoms. The van der Waals surface area contributed by atoms with Crippen molar-refractivity contribution in [2.24, 2.45) is 0 Å². The number of nitrogens with one attached hydrogen (secondary N) is 1. The van der Waals surface area contributed by atoms with Crippen LogP contribution in [0.25, 0.3) is 0 Å². The van der Waals surface area contributed by atoms with Crippen LogP contribution >= 0.6 is 0 Å². The van der Waals surface area contributed by atoms with Crippen molar-refractivity contribution >= 4 is 0 Å². The van der Waals surface area contributed by atoms with Crippen LogP contribution in [0.3, 0.4) is 0 Å². The summed E-state index contributed by atoms with van der Waals surface area (Å²) in [6.07, 6.45) is 1.95. The highest BCUT2D eigenvalue weighted by Gasteiger charge is 2.19. The molecule has 1 aromatic carbocycles. The maximum absolute atomic E-state index is 5.37. The Bertz CT molecular complexity index is 476. The molecule has 1 aliphatic heterocycles. The number of aromatic nitrogens is 1. The monoisotopic (exact) mass is 214 g/mol. The first-order valence-corrected chi connectivity index (χ1v) is 5.64. The first-order valence-electron chi connectivity index (χ1n) is 5.64. The summed E-state index contributed by atoms with van der Waals surface area (Å²) in [7, 11) is 0. The molecular formula is C13H14N2O. The van der Waals surface area contributed by atoms with Crippen molar-refractivity contribution in [3.63, 3.8) is 0 Å². The average Bonchev–Trinajstić information content (AvgIpc) is 2.90. The molecule has 3 heteroatoms. The molecule has 0 aliphatic carbocycles. The first-order chi connectivity index (χ1) is 7.93. The van der Waals surface area contributed by atoms with E-state index in [1.54, 1.807) is 0 Å².